The van der Waals surface area contributed by atoms with Crippen molar-refractivity contribution in [3.8, 4) is 5.75 Å². The molecule has 9 heteroatoms. The fraction of sp³-hybridized carbons (Fsp3) is 0.471. The molecule has 0 radical (unpaired) electrons. The Labute approximate surface area is 259 Å². The van der Waals surface area contributed by atoms with Crippen molar-refractivity contribution in [1.29, 1.82) is 0 Å². The lowest BCUT2D eigenvalue weighted by Gasteiger charge is -2.38. The van der Waals surface area contributed by atoms with E-state index in [-0.39, 0.29) is 58.6 Å². The number of likely N-dealkylation sites (tertiary alicyclic amines) is 1. The van der Waals surface area contributed by atoms with Gasteiger partial charge >= 0.3 is 0 Å². The van der Waals surface area contributed by atoms with Crippen molar-refractivity contribution in [1.82, 2.24) is 10.2 Å². The van der Waals surface area contributed by atoms with Crippen LogP contribution >= 0.6 is 11.6 Å². The van der Waals surface area contributed by atoms with Gasteiger partial charge in [0.05, 0.1) is 18.3 Å². The Hall–Kier alpha value is -3.20. The predicted molar refractivity (Wildman–Crippen MR) is 169 cm³/mol. The molecule has 1 heterocycles. The van der Waals surface area contributed by atoms with Crippen LogP contribution in [0.2, 0.25) is 0 Å². The zero-order chi connectivity index (χ0) is 30.8. The van der Waals surface area contributed by atoms with Gasteiger partial charge in [0.25, 0.3) is 0 Å². The zero-order valence-corrected chi connectivity index (χ0v) is 25.7. The van der Waals surface area contributed by atoms with Crippen LogP contribution in [0.4, 0.5) is 4.39 Å². The Morgan fingerprint density at radius 2 is 1.98 bits per heavy atom. The number of carbonyl (C=O) groups is 2. The first kappa shape index (κ1) is 32.7. The normalized spacial score (nSPS) is 20.5. The van der Waals surface area contributed by atoms with Gasteiger partial charge < -0.3 is 25.4 Å². The van der Waals surface area contributed by atoms with Crippen LogP contribution < -0.4 is 15.8 Å². The highest BCUT2D eigenvalue weighted by Gasteiger charge is 2.29. The fourth-order valence-corrected chi connectivity index (χ4v) is 6.05. The van der Waals surface area contributed by atoms with Gasteiger partial charge in [0.15, 0.2) is 11.6 Å². The van der Waals surface area contributed by atoms with Crippen molar-refractivity contribution in [3.05, 3.63) is 83.2 Å². The third-order valence-corrected chi connectivity index (χ3v) is 8.72. The number of hydrogen-bond donors (Lipinski definition) is 2. The molecule has 2 atom stereocenters. The SMILES string of the molecule is C=C/C(=C(Cl)\C=C/C(CNC1CCCCC1)C1C=CC=CC1)c1c(C(N)=O)ccc(OCCOC2CN(C(C)=O)C2)c1F. The van der Waals surface area contributed by atoms with Gasteiger partial charge in [-0.2, -0.15) is 0 Å². The molecule has 1 aliphatic heterocycles. The summed E-state index contributed by atoms with van der Waals surface area (Å²) in [6.07, 6.45) is 20.8. The van der Waals surface area contributed by atoms with Gasteiger partial charge in [0.2, 0.25) is 11.8 Å². The summed E-state index contributed by atoms with van der Waals surface area (Å²) in [5.41, 5.74) is 5.82. The minimum atomic E-state index is -0.787. The minimum absolute atomic E-state index is 0.00874. The highest BCUT2D eigenvalue weighted by Crippen LogP contribution is 2.34. The molecule has 4 rings (SSSR count). The van der Waals surface area contributed by atoms with Gasteiger partial charge in [-0.25, -0.2) is 4.39 Å². The lowest BCUT2D eigenvalue weighted by molar-refractivity contribution is -0.143. The summed E-state index contributed by atoms with van der Waals surface area (Å²) in [5.74, 6) is -1.11. The predicted octanol–water partition coefficient (Wildman–Crippen LogP) is 5.91. The number of amides is 2. The molecule has 1 aromatic carbocycles. The molecule has 0 bridgehead atoms. The molecule has 0 spiro atoms. The Kier molecular flexibility index (Phi) is 12.2. The first-order chi connectivity index (χ1) is 20.8. The number of carbonyl (C=O) groups excluding carboxylic acids is 2. The average Bonchev–Trinajstić information content (AvgIpc) is 2.98. The van der Waals surface area contributed by atoms with Crippen molar-refractivity contribution in [2.75, 3.05) is 32.8 Å². The van der Waals surface area contributed by atoms with Crippen molar-refractivity contribution in [2.45, 2.75) is 57.6 Å². The van der Waals surface area contributed by atoms with E-state index in [4.69, 9.17) is 26.8 Å². The number of nitrogens with two attached hydrogens (primary N) is 1. The molecule has 3 N–H and O–H groups in total. The largest absolute Gasteiger partial charge is 0.488 e. The Morgan fingerprint density at radius 1 is 1.21 bits per heavy atom. The maximum atomic E-state index is 15.9. The van der Waals surface area contributed by atoms with E-state index in [2.05, 4.69) is 42.3 Å². The molecule has 3 aliphatic rings. The highest BCUT2D eigenvalue weighted by molar-refractivity contribution is 6.35. The maximum absolute atomic E-state index is 15.9. The van der Waals surface area contributed by atoms with Gasteiger partial charge in [0.1, 0.15) is 6.61 Å². The van der Waals surface area contributed by atoms with Crippen LogP contribution in [0.25, 0.3) is 5.57 Å². The number of halogens is 2. The van der Waals surface area contributed by atoms with E-state index in [0.717, 1.165) is 13.0 Å². The summed E-state index contributed by atoms with van der Waals surface area (Å²) in [7, 11) is 0. The summed E-state index contributed by atoms with van der Waals surface area (Å²) in [5, 5.41) is 4.00. The summed E-state index contributed by atoms with van der Waals surface area (Å²) < 4.78 is 27.3. The Bertz CT molecular complexity index is 1280. The topological polar surface area (TPSA) is 93.9 Å². The van der Waals surface area contributed by atoms with E-state index in [0.29, 0.717) is 25.0 Å². The molecule has 0 aromatic heterocycles. The van der Waals surface area contributed by atoms with Crippen LogP contribution in [0.3, 0.4) is 0 Å². The second-order valence-electron chi connectivity index (χ2n) is 11.4. The summed E-state index contributed by atoms with van der Waals surface area (Å²) in [6.45, 7) is 7.55. The number of allylic oxidation sites excluding steroid dienone is 8. The van der Waals surface area contributed by atoms with Crippen molar-refractivity contribution >= 4 is 29.0 Å². The first-order valence-electron chi connectivity index (χ1n) is 15.2. The molecule has 2 fully saturated rings. The molecule has 7 nitrogen and oxygen atoms in total. The third kappa shape index (κ3) is 8.91. The Morgan fingerprint density at radius 3 is 2.63 bits per heavy atom. The minimum Gasteiger partial charge on any atom is -0.488 e. The van der Waals surface area contributed by atoms with Gasteiger partial charge in [0, 0.05) is 48.8 Å². The molecule has 2 aliphatic carbocycles. The number of nitrogens with one attached hydrogen (secondary N) is 1. The van der Waals surface area contributed by atoms with Gasteiger partial charge in [-0.1, -0.05) is 73.9 Å². The Balaban J connectivity index is 1.50. The number of hydrogen-bond acceptors (Lipinski definition) is 5. The van der Waals surface area contributed by atoms with E-state index in [9.17, 15) is 9.59 Å². The van der Waals surface area contributed by atoms with Gasteiger partial charge in [-0.3, -0.25) is 9.59 Å². The van der Waals surface area contributed by atoms with Crippen LogP contribution in [-0.4, -0.2) is 61.7 Å². The summed E-state index contributed by atoms with van der Waals surface area (Å²) in [6, 6.07) is 3.33. The smallest absolute Gasteiger partial charge is 0.249 e. The van der Waals surface area contributed by atoms with Crippen molar-refractivity contribution in [3.63, 3.8) is 0 Å². The molecule has 2 unspecified atom stereocenters. The standard InChI is InChI=1S/C34H43ClFN3O4/c1-3-28(30(35)16-14-25(24-10-6-4-7-11-24)20-38-26-12-8-5-9-13-26)32-29(34(37)41)15-17-31(33(32)36)43-19-18-42-27-21-39(22-27)23(2)40/h3-4,6-7,10,14-17,24-27,38H,1,5,8-9,11-13,18-22H2,2H3,(H2,37,41)/b16-14-,30-28-. The molecule has 43 heavy (non-hydrogen) atoms. The monoisotopic (exact) mass is 611 g/mol. The van der Waals surface area contributed by atoms with Crippen molar-refractivity contribution < 1.29 is 23.5 Å². The van der Waals surface area contributed by atoms with E-state index in [1.54, 1.807) is 11.0 Å². The van der Waals surface area contributed by atoms with Gasteiger partial charge in [-0.15, -0.1) is 0 Å². The summed E-state index contributed by atoms with van der Waals surface area (Å²) >= 11 is 6.79. The van der Waals surface area contributed by atoms with Crippen LogP contribution in [0.5, 0.6) is 5.75 Å². The molecule has 232 valence electrons. The van der Waals surface area contributed by atoms with Crippen LogP contribution in [0, 0.1) is 17.7 Å². The molecular formula is C34H43ClFN3O4. The number of nitrogens with zero attached hydrogens (tertiary/aromatic N) is 1. The number of rotatable bonds is 14. The third-order valence-electron chi connectivity index (χ3n) is 8.39. The summed E-state index contributed by atoms with van der Waals surface area (Å²) in [4.78, 5) is 25.3. The maximum Gasteiger partial charge on any atom is 0.249 e. The second-order valence-corrected chi connectivity index (χ2v) is 11.8. The molecule has 1 saturated carbocycles. The number of benzene rings is 1. The van der Waals surface area contributed by atoms with Crippen molar-refractivity contribution in [2.24, 2.45) is 17.6 Å². The van der Waals surface area contributed by atoms with Crippen LogP contribution in [0.15, 0.2) is 66.3 Å². The molecule has 1 aromatic rings. The van der Waals surface area contributed by atoms with Gasteiger partial charge in [-0.05, 0) is 49.3 Å². The van der Waals surface area contributed by atoms with E-state index < -0.39 is 11.7 Å². The average molecular weight is 612 g/mol. The van der Waals surface area contributed by atoms with Crippen LogP contribution in [-0.2, 0) is 9.53 Å². The van der Waals surface area contributed by atoms with E-state index >= 15 is 4.39 Å². The van der Waals surface area contributed by atoms with Crippen LogP contribution in [0.1, 0.15) is 61.4 Å². The molecular weight excluding hydrogens is 569 g/mol. The second kappa shape index (κ2) is 16.0. The quantitative estimate of drug-likeness (QED) is 0.201. The number of primary amides is 1. The lowest BCUT2D eigenvalue weighted by Crippen LogP contribution is -2.54. The fourth-order valence-electron chi connectivity index (χ4n) is 5.81. The molecule has 2 amide bonds. The lowest BCUT2D eigenvalue weighted by atomic mass is 9.85. The van der Waals surface area contributed by atoms with E-state index in [1.165, 1.54) is 57.2 Å². The zero-order valence-electron chi connectivity index (χ0n) is 24.9. The van der Waals surface area contributed by atoms with E-state index in [1.807, 2.05) is 0 Å². The molecule has 1 saturated heterocycles. The first-order valence-corrected chi connectivity index (χ1v) is 15.6. The highest BCUT2D eigenvalue weighted by atomic mass is 35.5. The number of ether oxygens (including phenoxy) is 2.